The molecule has 0 radical (unpaired) electrons. The lowest BCUT2D eigenvalue weighted by atomic mass is 9.64. The van der Waals surface area contributed by atoms with Gasteiger partial charge in [-0.15, -0.1) is 0 Å². The molecule has 0 aromatic carbocycles. The summed E-state index contributed by atoms with van der Waals surface area (Å²) >= 11 is 0. The number of ether oxygens (including phenoxy) is 2. The van der Waals surface area contributed by atoms with Gasteiger partial charge < -0.3 is 24.9 Å². The van der Waals surface area contributed by atoms with Crippen molar-refractivity contribution in [1.29, 1.82) is 0 Å². The number of Topliss-reactive ketones (excluding diaryl/α,β-unsaturated/α-hetero) is 1. The second kappa shape index (κ2) is 13.2. The van der Waals surface area contributed by atoms with Gasteiger partial charge >= 0.3 is 0 Å². The number of hydrogen-bond donors (Lipinski definition) is 2. The first-order valence-corrected chi connectivity index (χ1v) is 9.44. The second-order valence-corrected chi connectivity index (χ2v) is 8.27. The summed E-state index contributed by atoms with van der Waals surface area (Å²) in [6, 6.07) is 0. The molecule has 26 heavy (non-hydrogen) atoms. The number of likely N-dealkylation sites (N-methyl/N-ethyl adjacent to an activating group) is 1. The van der Waals surface area contributed by atoms with Crippen molar-refractivity contribution in [2.24, 2.45) is 10.8 Å². The summed E-state index contributed by atoms with van der Waals surface area (Å²) in [5, 5.41) is 5.49. The van der Waals surface area contributed by atoms with Crippen LogP contribution in [0.4, 0.5) is 0 Å². The standard InChI is InChI=1S/C11H22O.C9H20N2O3/c1-7-10(3,4)11(5,6)8-9(2)12;1-9(2,13-6-4-10-3)14-7-5-11-8-12/h7-8H2,1-6H3;8,10H,4-7H2,1-3H3,(H,11,12). The predicted molar refractivity (Wildman–Crippen MR) is 107 cm³/mol. The largest absolute Gasteiger partial charge is 0.356 e. The summed E-state index contributed by atoms with van der Waals surface area (Å²) < 4.78 is 10.9. The van der Waals surface area contributed by atoms with E-state index in [9.17, 15) is 9.59 Å². The molecule has 6 nitrogen and oxygen atoms in total. The normalized spacial score (nSPS) is 12.2. The molecule has 1 amide bonds. The third kappa shape index (κ3) is 13.3. The van der Waals surface area contributed by atoms with Crippen molar-refractivity contribution in [2.45, 2.75) is 74.0 Å². The maximum Gasteiger partial charge on any atom is 0.207 e. The second-order valence-electron chi connectivity index (χ2n) is 8.27. The van der Waals surface area contributed by atoms with E-state index >= 15 is 0 Å². The highest BCUT2D eigenvalue weighted by atomic mass is 16.7. The smallest absolute Gasteiger partial charge is 0.207 e. The molecule has 0 rings (SSSR count). The minimum absolute atomic E-state index is 0.119. The zero-order valence-electron chi connectivity index (χ0n) is 18.5. The van der Waals surface area contributed by atoms with Crippen molar-refractivity contribution in [2.75, 3.05) is 33.4 Å². The summed E-state index contributed by atoms with van der Waals surface area (Å²) in [4.78, 5) is 21.0. The Labute approximate surface area is 160 Å². The highest BCUT2D eigenvalue weighted by molar-refractivity contribution is 5.76. The Bertz CT molecular complexity index is 393. The molecule has 0 saturated carbocycles. The molecule has 0 spiro atoms. The van der Waals surface area contributed by atoms with Gasteiger partial charge in [-0.3, -0.25) is 4.79 Å². The predicted octanol–water partition coefficient (Wildman–Crippen LogP) is 3.15. The van der Waals surface area contributed by atoms with Crippen LogP contribution in [0.5, 0.6) is 0 Å². The van der Waals surface area contributed by atoms with Crippen LogP contribution in [-0.4, -0.2) is 51.3 Å². The molecule has 2 N–H and O–H groups in total. The van der Waals surface area contributed by atoms with Crippen LogP contribution in [0.1, 0.15) is 68.2 Å². The fraction of sp³-hybridized carbons (Fsp3) is 0.900. The molecule has 0 heterocycles. The molecule has 0 unspecified atom stereocenters. The van der Waals surface area contributed by atoms with Crippen LogP contribution in [0.15, 0.2) is 0 Å². The zero-order chi connectivity index (χ0) is 20.9. The Hall–Kier alpha value is -0.980. The molecule has 0 fully saturated rings. The Morgan fingerprint density at radius 2 is 1.46 bits per heavy atom. The summed E-state index contributed by atoms with van der Waals surface area (Å²) in [6.07, 6.45) is 2.46. The van der Waals surface area contributed by atoms with Crippen molar-refractivity contribution < 1.29 is 19.1 Å². The van der Waals surface area contributed by atoms with Crippen molar-refractivity contribution in [3.63, 3.8) is 0 Å². The molecule has 0 bridgehead atoms. The minimum atomic E-state index is -0.596. The number of hydrogen-bond acceptors (Lipinski definition) is 5. The van der Waals surface area contributed by atoms with Gasteiger partial charge in [0, 0.05) is 19.5 Å². The molecule has 0 saturated heterocycles. The lowest BCUT2D eigenvalue weighted by Gasteiger charge is -2.40. The topological polar surface area (TPSA) is 76.7 Å². The van der Waals surface area contributed by atoms with Gasteiger partial charge in [0.05, 0.1) is 13.2 Å². The Balaban J connectivity index is 0. The molecule has 0 aliphatic heterocycles. The molecule has 0 aliphatic rings. The van der Waals surface area contributed by atoms with Crippen LogP contribution >= 0.6 is 0 Å². The Morgan fingerprint density at radius 3 is 1.85 bits per heavy atom. The van der Waals surface area contributed by atoms with Gasteiger partial charge in [-0.05, 0) is 38.6 Å². The lowest BCUT2D eigenvalue weighted by molar-refractivity contribution is -0.211. The van der Waals surface area contributed by atoms with Crippen molar-refractivity contribution in [3.05, 3.63) is 0 Å². The molecular formula is C20H42N2O4. The number of nitrogens with one attached hydrogen (secondary N) is 2. The summed E-state index contributed by atoms with van der Waals surface area (Å²) in [5.74, 6) is -0.303. The maximum atomic E-state index is 11.0. The molecule has 6 heteroatoms. The molecule has 0 aromatic heterocycles. The van der Waals surface area contributed by atoms with Crippen LogP contribution in [0.3, 0.4) is 0 Å². The average Bonchev–Trinajstić information content (AvgIpc) is 2.51. The van der Waals surface area contributed by atoms with Crippen LogP contribution in [0.2, 0.25) is 0 Å². The van der Waals surface area contributed by atoms with Crippen molar-refractivity contribution in [1.82, 2.24) is 10.6 Å². The van der Waals surface area contributed by atoms with E-state index in [2.05, 4.69) is 45.3 Å². The van der Waals surface area contributed by atoms with E-state index in [1.807, 2.05) is 20.9 Å². The lowest BCUT2D eigenvalue weighted by Crippen LogP contribution is -2.33. The summed E-state index contributed by atoms with van der Waals surface area (Å²) in [5.41, 5.74) is 0.367. The van der Waals surface area contributed by atoms with Gasteiger partial charge in [-0.25, -0.2) is 0 Å². The van der Waals surface area contributed by atoms with Gasteiger partial charge in [0.1, 0.15) is 5.78 Å². The number of rotatable bonds is 13. The van der Waals surface area contributed by atoms with Crippen molar-refractivity contribution in [3.8, 4) is 0 Å². The first-order chi connectivity index (χ1) is 11.8. The van der Waals surface area contributed by atoms with Crippen LogP contribution < -0.4 is 10.6 Å². The zero-order valence-corrected chi connectivity index (χ0v) is 18.5. The van der Waals surface area contributed by atoms with Crippen molar-refractivity contribution >= 4 is 12.2 Å². The highest BCUT2D eigenvalue weighted by Crippen LogP contribution is 2.43. The van der Waals surface area contributed by atoms with Gasteiger partial charge in [0.2, 0.25) is 6.41 Å². The fourth-order valence-electron chi connectivity index (χ4n) is 2.20. The Morgan fingerprint density at radius 1 is 0.962 bits per heavy atom. The third-order valence-corrected chi connectivity index (χ3v) is 4.99. The fourth-order valence-corrected chi connectivity index (χ4v) is 2.20. The van der Waals surface area contributed by atoms with E-state index in [0.717, 1.165) is 13.0 Å². The Kier molecular flexibility index (Phi) is 13.9. The van der Waals surface area contributed by atoms with Gasteiger partial charge in [0.15, 0.2) is 5.79 Å². The number of carbonyl (C=O) groups is 2. The van der Waals surface area contributed by atoms with E-state index in [-0.39, 0.29) is 10.8 Å². The van der Waals surface area contributed by atoms with Gasteiger partial charge in [0.25, 0.3) is 0 Å². The first-order valence-electron chi connectivity index (χ1n) is 9.44. The van der Waals surface area contributed by atoms with Crippen LogP contribution in [0.25, 0.3) is 0 Å². The van der Waals surface area contributed by atoms with Gasteiger partial charge in [-0.1, -0.05) is 41.0 Å². The number of amides is 1. The van der Waals surface area contributed by atoms with E-state index in [1.165, 1.54) is 0 Å². The van der Waals surface area contributed by atoms with Crippen LogP contribution in [0, 0.1) is 10.8 Å². The molecular weight excluding hydrogens is 332 g/mol. The average molecular weight is 375 g/mol. The van der Waals surface area contributed by atoms with E-state index in [1.54, 1.807) is 6.92 Å². The van der Waals surface area contributed by atoms with E-state index < -0.39 is 5.79 Å². The summed E-state index contributed by atoms with van der Waals surface area (Å²) in [7, 11) is 1.87. The summed E-state index contributed by atoms with van der Waals surface area (Å²) in [6.45, 7) is 18.7. The highest BCUT2D eigenvalue weighted by Gasteiger charge is 2.35. The van der Waals surface area contributed by atoms with E-state index in [0.29, 0.717) is 38.4 Å². The maximum absolute atomic E-state index is 11.0. The minimum Gasteiger partial charge on any atom is -0.356 e. The van der Waals surface area contributed by atoms with Crippen LogP contribution in [-0.2, 0) is 19.1 Å². The molecule has 156 valence electrons. The SMILES string of the molecule is CCC(C)(C)C(C)(C)CC(C)=O.CNCCOC(C)(C)OCCNC=O. The monoisotopic (exact) mass is 374 g/mol. The number of ketones is 1. The molecule has 0 aromatic rings. The van der Waals surface area contributed by atoms with Gasteiger partial charge in [-0.2, -0.15) is 0 Å². The third-order valence-electron chi connectivity index (χ3n) is 4.99. The molecule has 0 aliphatic carbocycles. The first kappa shape index (κ1) is 27.2. The molecule has 0 atom stereocenters. The van der Waals surface area contributed by atoms with E-state index in [4.69, 9.17) is 9.47 Å². The number of carbonyl (C=O) groups excluding carboxylic acids is 2. The quantitative estimate of drug-likeness (QED) is 0.294.